The van der Waals surface area contributed by atoms with Crippen molar-refractivity contribution in [1.29, 1.82) is 0 Å². The van der Waals surface area contributed by atoms with Crippen LogP contribution >= 0.6 is 11.3 Å². The molecule has 0 saturated carbocycles. The predicted octanol–water partition coefficient (Wildman–Crippen LogP) is 2.01. The molecule has 2 aromatic rings. The minimum absolute atomic E-state index is 0.538. The summed E-state index contributed by atoms with van der Waals surface area (Å²) in [5, 5.41) is 20.9. The number of carbonyl (C=O) groups is 1. The standard InChI is InChI=1S/C12H13N3O2S/c1-8(11(16)17)13-12-15-14-10(18-12)7-9-5-3-2-4-6-9/h2-6,8H,7H2,1H3,(H,13,15)(H,16,17)/t8-/m1/s1. The highest BCUT2D eigenvalue weighted by Crippen LogP contribution is 2.19. The zero-order valence-electron chi connectivity index (χ0n) is 9.83. The van der Waals surface area contributed by atoms with Crippen LogP contribution in [0.15, 0.2) is 30.3 Å². The molecule has 0 aliphatic rings. The van der Waals surface area contributed by atoms with Crippen LogP contribution in [0.4, 0.5) is 5.13 Å². The largest absolute Gasteiger partial charge is 0.480 e. The fourth-order valence-corrected chi connectivity index (χ4v) is 2.26. The fourth-order valence-electron chi connectivity index (χ4n) is 1.40. The first-order valence-corrected chi connectivity index (χ1v) is 6.32. The molecule has 5 nitrogen and oxygen atoms in total. The number of hydrogen-bond donors (Lipinski definition) is 2. The molecule has 1 aromatic heterocycles. The van der Waals surface area contributed by atoms with Crippen LogP contribution in [-0.2, 0) is 11.2 Å². The maximum absolute atomic E-state index is 10.7. The summed E-state index contributed by atoms with van der Waals surface area (Å²) in [5.74, 6) is -0.908. The number of nitrogens with zero attached hydrogens (tertiary/aromatic N) is 2. The van der Waals surface area contributed by atoms with Crippen molar-refractivity contribution in [2.45, 2.75) is 19.4 Å². The average Bonchev–Trinajstić information content (AvgIpc) is 2.77. The molecule has 0 amide bonds. The van der Waals surface area contributed by atoms with E-state index in [1.54, 1.807) is 6.92 Å². The number of hydrogen-bond acceptors (Lipinski definition) is 5. The van der Waals surface area contributed by atoms with Gasteiger partial charge in [-0.2, -0.15) is 0 Å². The summed E-state index contributed by atoms with van der Waals surface area (Å²) >= 11 is 1.38. The van der Waals surface area contributed by atoms with E-state index in [0.717, 1.165) is 10.6 Å². The molecular formula is C12H13N3O2S. The highest BCUT2D eigenvalue weighted by atomic mass is 32.1. The number of anilines is 1. The van der Waals surface area contributed by atoms with Gasteiger partial charge >= 0.3 is 5.97 Å². The number of carboxylic acids is 1. The summed E-state index contributed by atoms with van der Waals surface area (Å²) in [6.07, 6.45) is 0.710. The topological polar surface area (TPSA) is 75.1 Å². The maximum atomic E-state index is 10.7. The van der Waals surface area contributed by atoms with Crippen LogP contribution in [-0.4, -0.2) is 27.3 Å². The second-order valence-electron chi connectivity index (χ2n) is 3.87. The number of carboxylic acid groups (broad SMARTS) is 1. The molecule has 0 spiro atoms. The van der Waals surface area contributed by atoms with Gasteiger partial charge in [0.25, 0.3) is 0 Å². The van der Waals surface area contributed by atoms with Crippen molar-refractivity contribution in [2.24, 2.45) is 0 Å². The molecule has 18 heavy (non-hydrogen) atoms. The molecule has 0 aliphatic carbocycles. The monoisotopic (exact) mass is 263 g/mol. The lowest BCUT2D eigenvalue weighted by molar-refractivity contribution is -0.137. The zero-order chi connectivity index (χ0) is 13.0. The molecular weight excluding hydrogens is 250 g/mol. The van der Waals surface area contributed by atoms with Gasteiger partial charge in [-0.15, -0.1) is 10.2 Å². The van der Waals surface area contributed by atoms with E-state index in [4.69, 9.17) is 5.11 Å². The van der Waals surface area contributed by atoms with Gasteiger partial charge in [-0.1, -0.05) is 41.7 Å². The smallest absolute Gasteiger partial charge is 0.325 e. The molecule has 0 unspecified atom stereocenters. The Labute approximate surface area is 109 Å². The second-order valence-corrected chi connectivity index (χ2v) is 4.93. The summed E-state index contributed by atoms with van der Waals surface area (Å²) in [7, 11) is 0. The van der Waals surface area contributed by atoms with Gasteiger partial charge in [0.15, 0.2) is 0 Å². The molecule has 1 aromatic carbocycles. The summed E-state index contributed by atoms with van der Waals surface area (Å²) in [5.41, 5.74) is 1.16. The summed E-state index contributed by atoms with van der Waals surface area (Å²) < 4.78 is 0. The van der Waals surface area contributed by atoms with Crippen molar-refractivity contribution in [1.82, 2.24) is 10.2 Å². The van der Waals surface area contributed by atoms with Crippen molar-refractivity contribution in [2.75, 3.05) is 5.32 Å². The van der Waals surface area contributed by atoms with E-state index >= 15 is 0 Å². The minimum atomic E-state index is -0.908. The highest BCUT2D eigenvalue weighted by molar-refractivity contribution is 7.15. The molecule has 6 heteroatoms. The average molecular weight is 263 g/mol. The maximum Gasteiger partial charge on any atom is 0.325 e. The van der Waals surface area contributed by atoms with Crippen LogP contribution in [0.3, 0.4) is 0 Å². The molecule has 1 heterocycles. The second kappa shape index (κ2) is 5.59. The third kappa shape index (κ3) is 3.27. The number of aromatic nitrogens is 2. The molecule has 1 atom stereocenters. The van der Waals surface area contributed by atoms with Crippen molar-refractivity contribution in [3.63, 3.8) is 0 Å². The zero-order valence-corrected chi connectivity index (χ0v) is 10.6. The highest BCUT2D eigenvalue weighted by Gasteiger charge is 2.13. The van der Waals surface area contributed by atoms with Gasteiger partial charge < -0.3 is 10.4 Å². The van der Waals surface area contributed by atoms with E-state index in [0.29, 0.717) is 11.6 Å². The molecule has 0 saturated heterocycles. The van der Waals surface area contributed by atoms with Crippen molar-refractivity contribution in [3.8, 4) is 0 Å². The Kier molecular flexibility index (Phi) is 3.88. The summed E-state index contributed by atoms with van der Waals surface area (Å²) in [4.78, 5) is 10.7. The van der Waals surface area contributed by atoms with Gasteiger partial charge in [0.1, 0.15) is 11.0 Å². The molecule has 0 radical (unpaired) electrons. The first-order chi connectivity index (χ1) is 8.65. The van der Waals surface area contributed by atoms with Crippen molar-refractivity contribution >= 4 is 22.4 Å². The van der Waals surface area contributed by atoms with Gasteiger partial charge in [0.05, 0.1) is 0 Å². The molecule has 2 N–H and O–H groups in total. The first kappa shape index (κ1) is 12.5. The van der Waals surface area contributed by atoms with E-state index in [1.807, 2.05) is 30.3 Å². The molecule has 0 bridgehead atoms. The van der Waals surface area contributed by atoms with E-state index in [1.165, 1.54) is 11.3 Å². The normalized spacial score (nSPS) is 12.1. The number of benzene rings is 1. The van der Waals surface area contributed by atoms with Crippen LogP contribution < -0.4 is 5.32 Å². The Morgan fingerprint density at radius 3 is 2.78 bits per heavy atom. The Bertz CT molecular complexity index is 527. The van der Waals surface area contributed by atoms with Crippen LogP contribution in [0.2, 0.25) is 0 Å². The number of aliphatic carboxylic acids is 1. The van der Waals surface area contributed by atoms with E-state index in [2.05, 4.69) is 15.5 Å². The quantitative estimate of drug-likeness (QED) is 0.863. The van der Waals surface area contributed by atoms with Crippen molar-refractivity contribution in [3.05, 3.63) is 40.9 Å². The summed E-state index contributed by atoms with van der Waals surface area (Å²) in [6.45, 7) is 1.57. The summed E-state index contributed by atoms with van der Waals surface area (Å²) in [6, 6.07) is 9.29. The lowest BCUT2D eigenvalue weighted by atomic mass is 10.2. The lowest BCUT2D eigenvalue weighted by Gasteiger charge is -2.05. The van der Waals surface area contributed by atoms with Crippen LogP contribution in [0.5, 0.6) is 0 Å². The Morgan fingerprint density at radius 1 is 1.39 bits per heavy atom. The molecule has 0 aliphatic heterocycles. The van der Waals surface area contributed by atoms with Gasteiger partial charge in [-0.05, 0) is 12.5 Å². The SMILES string of the molecule is C[C@@H](Nc1nnc(Cc2ccccc2)s1)C(=O)O. The van der Waals surface area contributed by atoms with Gasteiger partial charge in [-0.3, -0.25) is 4.79 Å². The van der Waals surface area contributed by atoms with Crippen LogP contribution in [0.25, 0.3) is 0 Å². The van der Waals surface area contributed by atoms with Crippen LogP contribution in [0, 0.1) is 0 Å². The first-order valence-electron chi connectivity index (χ1n) is 5.51. The molecule has 0 fully saturated rings. The van der Waals surface area contributed by atoms with E-state index in [-0.39, 0.29) is 0 Å². The number of rotatable bonds is 5. The van der Waals surface area contributed by atoms with Crippen molar-refractivity contribution < 1.29 is 9.90 Å². The predicted molar refractivity (Wildman–Crippen MR) is 69.9 cm³/mol. The third-order valence-corrected chi connectivity index (χ3v) is 3.23. The Hall–Kier alpha value is -1.95. The van der Waals surface area contributed by atoms with Gasteiger partial charge in [0, 0.05) is 6.42 Å². The van der Waals surface area contributed by atoms with Crippen LogP contribution in [0.1, 0.15) is 17.5 Å². The Morgan fingerprint density at radius 2 is 2.11 bits per heavy atom. The third-order valence-electron chi connectivity index (χ3n) is 2.38. The van der Waals surface area contributed by atoms with Gasteiger partial charge in [-0.25, -0.2) is 0 Å². The van der Waals surface area contributed by atoms with Gasteiger partial charge in [0.2, 0.25) is 5.13 Å². The molecule has 2 rings (SSSR count). The van der Waals surface area contributed by atoms with E-state index in [9.17, 15) is 4.79 Å². The Balaban J connectivity index is 2.00. The number of nitrogens with one attached hydrogen (secondary N) is 1. The molecule has 94 valence electrons. The minimum Gasteiger partial charge on any atom is -0.480 e. The van der Waals surface area contributed by atoms with E-state index < -0.39 is 12.0 Å². The lowest BCUT2D eigenvalue weighted by Crippen LogP contribution is -2.25. The fraction of sp³-hybridized carbons (Fsp3) is 0.250.